The molecule has 0 aromatic heterocycles. The van der Waals surface area contributed by atoms with Gasteiger partial charge in [0.2, 0.25) is 5.91 Å². The number of hydrogen-bond donors (Lipinski definition) is 1. The zero-order valence-corrected chi connectivity index (χ0v) is 25.5. The molecule has 3 aromatic rings. The molecule has 0 unspecified atom stereocenters. The highest BCUT2D eigenvalue weighted by atomic mass is 35.5. The van der Waals surface area contributed by atoms with E-state index in [1.807, 2.05) is 13.0 Å². The van der Waals surface area contributed by atoms with Gasteiger partial charge in [0, 0.05) is 11.3 Å². The Morgan fingerprint density at radius 2 is 1.89 bits per heavy atom. The molecule has 10 nitrogen and oxygen atoms in total. The van der Waals surface area contributed by atoms with E-state index in [1.165, 1.54) is 31.4 Å². The Morgan fingerprint density at radius 1 is 1.09 bits per heavy atom. The van der Waals surface area contributed by atoms with Crippen LogP contribution < -0.4 is 14.8 Å². The maximum Gasteiger partial charge on any atom is 0.339 e. The molecule has 0 spiro atoms. The predicted octanol–water partition coefficient (Wildman–Crippen LogP) is 6.43. The normalized spacial score (nSPS) is 13.5. The number of hydrogen-bond acceptors (Lipinski definition) is 9. The number of halogens is 1. The molecule has 0 radical (unpaired) electrons. The Morgan fingerprint density at radius 3 is 2.64 bits per heavy atom. The summed E-state index contributed by atoms with van der Waals surface area (Å²) in [6.45, 7) is 1.84. The van der Waals surface area contributed by atoms with Crippen LogP contribution in [0.2, 0.25) is 5.02 Å². The van der Waals surface area contributed by atoms with Gasteiger partial charge < -0.3 is 19.5 Å². The third-order valence-electron chi connectivity index (χ3n) is 6.38. The number of unbranched alkanes of at least 4 members (excludes halogenated alkanes) is 1. The average molecular weight is 634 g/mol. The van der Waals surface area contributed by atoms with Crippen molar-refractivity contribution in [3.8, 4) is 17.6 Å². The number of anilines is 1. The van der Waals surface area contributed by atoms with Crippen molar-refractivity contribution in [2.24, 2.45) is 0 Å². The minimum Gasteiger partial charge on any atom is -0.493 e. The van der Waals surface area contributed by atoms with Crippen LogP contribution in [0.4, 0.5) is 10.5 Å². The summed E-state index contributed by atoms with van der Waals surface area (Å²) in [5.74, 6) is -1.05. The smallest absolute Gasteiger partial charge is 0.339 e. The second-order valence-electron chi connectivity index (χ2n) is 9.47. The number of carbonyl (C=O) groups excluding carboxylic acids is 4. The van der Waals surface area contributed by atoms with Gasteiger partial charge in [0.25, 0.3) is 11.1 Å². The number of nitrogens with zero attached hydrogens (tertiary/aromatic N) is 2. The summed E-state index contributed by atoms with van der Waals surface area (Å²) >= 11 is 6.84. The van der Waals surface area contributed by atoms with Crippen LogP contribution in [0.15, 0.2) is 65.6 Å². The molecule has 0 aliphatic carbocycles. The van der Waals surface area contributed by atoms with Crippen molar-refractivity contribution in [3.63, 3.8) is 0 Å². The van der Waals surface area contributed by atoms with Crippen molar-refractivity contribution >= 4 is 58.1 Å². The number of benzene rings is 3. The molecule has 1 aliphatic rings. The maximum atomic E-state index is 13.0. The van der Waals surface area contributed by atoms with Crippen molar-refractivity contribution in [3.05, 3.63) is 92.8 Å². The molecule has 1 heterocycles. The number of nitriles is 1. The Hall–Kier alpha value is -4.79. The summed E-state index contributed by atoms with van der Waals surface area (Å²) in [4.78, 5) is 51.7. The molecule has 3 amide bonds. The van der Waals surface area contributed by atoms with Crippen LogP contribution in [-0.2, 0) is 20.9 Å². The first-order chi connectivity index (χ1) is 21.2. The fourth-order valence-corrected chi connectivity index (χ4v) is 5.12. The van der Waals surface area contributed by atoms with Gasteiger partial charge in [-0.1, -0.05) is 49.2 Å². The number of carbonyl (C=O) groups is 4. The van der Waals surface area contributed by atoms with E-state index in [9.17, 15) is 24.4 Å². The molecular formula is C32H28ClN3O7S. The van der Waals surface area contributed by atoms with Crippen LogP contribution in [0.1, 0.15) is 46.8 Å². The van der Waals surface area contributed by atoms with Crippen molar-refractivity contribution in [2.75, 3.05) is 25.6 Å². The lowest BCUT2D eigenvalue weighted by molar-refractivity contribution is -0.127. The maximum absolute atomic E-state index is 13.0. The minimum atomic E-state index is -0.637. The summed E-state index contributed by atoms with van der Waals surface area (Å²) in [6, 6.07) is 18.6. The number of ether oxygens (including phenoxy) is 3. The van der Waals surface area contributed by atoms with E-state index in [1.54, 1.807) is 36.4 Å². The minimum absolute atomic E-state index is 0.0912. The number of amides is 3. The molecule has 0 saturated carbocycles. The molecule has 1 saturated heterocycles. The molecule has 0 bridgehead atoms. The molecular weight excluding hydrogens is 606 g/mol. The van der Waals surface area contributed by atoms with Crippen molar-refractivity contribution < 1.29 is 33.4 Å². The Kier molecular flexibility index (Phi) is 11.0. The van der Waals surface area contributed by atoms with E-state index >= 15 is 0 Å². The number of nitrogens with one attached hydrogen (secondary N) is 1. The summed E-state index contributed by atoms with van der Waals surface area (Å²) in [5, 5.41) is 11.4. The van der Waals surface area contributed by atoms with E-state index in [-0.39, 0.29) is 34.4 Å². The zero-order chi connectivity index (χ0) is 31.6. The highest BCUT2D eigenvalue weighted by molar-refractivity contribution is 8.18. The fourth-order valence-electron chi connectivity index (χ4n) is 4.08. The molecule has 12 heteroatoms. The molecule has 44 heavy (non-hydrogen) atoms. The quantitative estimate of drug-likeness (QED) is 0.136. The van der Waals surface area contributed by atoms with Gasteiger partial charge in [-0.25, -0.2) is 4.79 Å². The van der Waals surface area contributed by atoms with Crippen LogP contribution in [0.3, 0.4) is 0 Å². The molecule has 3 aromatic carbocycles. The number of imide groups is 1. The third-order valence-corrected chi connectivity index (χ3v) is 7.62. The second kappa shape index (κ2) is 15.1. The molecule has 226 valence electrons. The van der Waals surface area contributed by atoms with E-state index in [0.29, 0.717) is 40.8 Å². The van der Waals surface area contributed by atoms with Gasteiger partial charge in [-0.05, 0) is 66.2 Å². The van der Waals surface area contributed by atoms with E-state index in [0.717, 1.165) is 16.9 Å². The van der Waals surface area contributed by atoms with Crippen molar-refractivity contribution in [2.45, 2.75) is 26.4 Å². The summed E-state index contributed by atoms with van der Waals surface area (Å²) in [6.07, 6.45) is 3.09. The van der Waals surface area contributed by atoms with Gasteiger partial charge in [0.15, 0.2) is 11.5 Å². The second-order valence-corrected chi connectivity index (χ2v) is 10.9. The monoisotopic (exact) mass is 633 g/mol. The number of rotatable bonds is 12. The van der Waals surface area contributed by atoms with E-state index < -0.39 is 29.6 Å². The van der Waals surface area contributed by atoms with Crippen LogP contribution >= 0.6 is 23.4 Å². The van der Waals surface area contributed by atoms with Gasteiger partial charge in [0.1, 0.15) is 13.2 Å². The van der Waals surface area contributed by atoms with Gasteiger partial charge in [-0.15, -0.1) is 0 Å². The highest BCUT2D eigenvalue weighted by Gasteiger charge is 2.36. The summed E-state index contributed by atoms with van der Waals surface area (Å²) in [7, 11) is 1.47. The van der Waals surface area contributed by atoms with Gasteiger partial charge >= 0.3 is 5.97 Å². The Labute approximate surface area is 263 Å². The lowest BCUT2D eigenvalue weighted by Crippen LogP contribution is -2.36. The zero-order valence-electron chi connectivity index (χ0n) is 23.9. The standard InChI is InChI=1S/C32H28ClN3O7S/c1-3-4-13-42-31(39)24-16-23(10-11-25(24)33)35-29(37)18-36-30(38)28(44-32(36)40)15-20-9-12-26(27(14-20)41-2)43-19-22-8-6-5-7-21(22)17-34/h5-12,14-16H,3-4,13,18-19H2,1-2H3,(H,35,37)/b28-15-. The molecule has 1 fully saturated rings. The predicted molar refractivity (Wildman–Crippen MR) is 166 cm³/mol. The largest absolute Gasteiger partial charge is 0.493 e. The number of methoxy groups -OCH3 is 1. The lowest BCUT2D eigenvalue weighted by Gasteiger charge is -2.13. The van der Waals surface area contributed by atoms with Crippen LogP contribution in [0.5, 0.6) is 11.5 Å². The summed E-state index contributed by atoms with van der Waals surface area (Å²) in [5.41, 5.74) is 2.15. The van der Waals surface area contributed by atoms with Crippen molar-refractivity contribution in [1.82, 2.24) is 4.90 Å². The SMILES string of the molecule is CCCCOC(=O)c1cc(NC(=O)CN2C(=O)S/C(=C\c3ccc(OCc4ccccc4C#N)c(OC)c3)C2=O)ccc1Cl. The fraction of sp³-hybridized carbons (Fsp3) is 0.219. The molecule has 0 atom stereocenters. The number of thioether (sulfide) groups is 1. The first-order valence-electron chi connectivity index (χ1n) is 13.5. The number of esters is 1. The van der Waals surface area contributed by atoms with Crippen LogP contribution in [0, 0.1) is 11.3 Å². The van der Waals surface area contributed by atoms with Gasteiger partial charge in [-0.2, -0.15) is 5.26 Å². The Bertz CT molecular complexity index is 1670. The molecule has 4 rings (SSSR count). The first kappa shape index (κ1) is 32.1. The highest BCUT2D eigenvalue weighted by Crippen LogP contribution is 2.35. The third kappa shape index (κ3) is 7.98. The average Bonchev–Trinajstić information content (AvgIpc) is 3.28. The molecule has 1 N–H and O–H groups in total. The van der Waals surface area contributed by atoms with Crippen LogP contribution in [-0.4, -0.2) is 48.2 Å². The Balaban J connectivity index is 1.40. The van der Waals surface area contributed by atoms with E-state index in [4.69, 9.17) is 25.8 Å². The molecule has 1 aliphatic heterocycles. The van der Waals surface area contributed by atoms with E-state index in [2.05, 4.69) is 11.4 Å². The van der Waals surface area contributed by atoms with Crippen LogP contribution in [0.25, 0.3) is 6.08 Å². The van der Waals surface area contributed by atoms with Gasteiger partial charge in [0.05, 0.1) is 40.8 Å². The van der Waals surface area contributed by atoms with Gasteiger partial charge in [-0.3, -0.25) is 19.3 Å². The van der Waals surface area contributed by atoms with Crippen molar-refractivity contribution in [1.29, 1.82) is 5.26 Å². The summed E-state index contributed by atoms with van der Waals surface area (Å²) < 4.78 is 16.5. The lowest BCUT2D eigenvalue weighted by atomic mass is 10.1. The first-order valence-corrected chi connectivity index (χ1v) is 14.7. The topological polar surface area (TPSA) is 135 Å².